The van der Waals surface area contributed by atoms with E-state index in [4.69, 9.17) is 9.47 Å². The zero-order valence-electron chi connectivity index (χ0n) is 19.9. The molecule has 0 saturated carbocycles. The van der Waals surface area contributed by atoms with Gasteiger partial charge in [0.05, 0.1) is 18.8 Å². The van der Waals surface area contributed by atoms with Gasteiger partial charge in [0.15, 0.2) is 0 Å². The molecule has 0 aliphatic carbocycles. The Morgan fingerprint density at radius 3 is 2.49 bits per heavy atom. The number of benzene rings is 4. The molecular formula is C30H30N2O3. The minimum absolute atomic E-state index is 0.00985. The lowest BCUT2D eigenvalue weighted by Crippen LogP contribution is -2.44. The fraction of sp³-hybridized carbons (Fsp3) is 0.233. The van der Waals surface area contributed by atoms with Crippen LogP contribution in [0.3, 0.4) is 0 Å². The molecule has 1 amide bonds. The van der Waals surface area contributed by atoms with Crippen LogP contribution in [0.1, 0.15) is 34.1 Å². The van der Waals surface area contributed by atoms with Crippen LogP contribution in [0.5, 0.6) is 5.75 Å². The molecule has 35 heavy (non-hydrogen) atoms. The number of hydrogen-bond acceptors (Lipinski definition) is 4. The van der Waals surface area contributed by atoms with E-state index in [-0.39, 0.29) is 12.1 Å². The van der Waals surface area contributed by atoms with Gasteiger partial charge in [-0.2, -0.15) is 0 Å². The molecule has 1 aliphatic rings. The van der Waals surface area contributed by atoms with Gasteiger partial charge in [0, 0.05) is 24.9 Å². The average molecular weight is 467 g/mol. The number of carbonyl (C=O) groups excluding carboxylic acids is 1. The SMILES string of the molecule is COCCN1C(=O)c2ccccc2NC1c1c(OCCCc2ccccc2)ccc2ccccc12. The molecule has 1 heterocycles. The maximum atomic E-state index is 13.6. The van der Waals surface area contributed by atoms with E-state index in [1.54, 1.807) is 7.11 Å². The van der Waals surface area contributed by atoms with E-state index in [0.717, 1.165) is 40.6 Å². The second-order valence-corrected chi connectivity index (χ2v) is 8.72. The van der Waals surface area contributed by atoms with E-state index < -0.39 is 0 Å². The van der Waals surface area contributed by atoms with Gasteiger partial charge in [-0.3, -0.25) is 4.79 Å². The summed E-state index contributed by atoms with van der Waals surface area (Å²) in [5, 5.41) is 5.80. The number of para-hydroxylation sites is 1. The highest BCUT2D eigenvalue weighted by Gasteiger charge is 2.35. The summed E-state index contributed by atoms with van der Waals surface area (Å²) in [6.07, 6.45) is 1.49. The maximum absolute atomic E-state index is 13.6. The average Bonchev–Trinajstić information content (AvgIpc) is 2.91. The third kappa shape index (κ3) is 4.86. The van der Waals surface area contributed by atoms with Gasteiger partial charge in [-0.25, -0.2) is 0 Å². The van der Waals surface area contributed by atoms with Gasteiger partial charge in [0.1, 0.15) is 11.9 Å². The molecular weight excluding hydrogens is 436 g/mol. The summed E-state index contributed by atoms with van der Waals surface area (Å²) in [4.78, 5) is 15.4. The predicted molar refractivity (Wildman–Crippen MR) is 140 cm³/mol. The quantitative estimate of drug-likeness (QED) is 0.305. The molecule has 4 aromatic rings. The molecule has 0 spiro atoms. The number of aryl methyl sites for hydroxylation is 1. The monoisotopic (exact) mass is 466 g/mol. The molecule has 0 aromatic heterocycles. The van der Waals surface area contributed by atoms with Crippen molar-refractivity contribution in [2.45, 2.75) is 19.0 Å². The first kappa shape index (κ1) is 22.9. The number of methoxy groups -OCH3 is 1. The fourth-order valence-electron chi connectivity index (χ4n) is 4.73. The maximum Gasteiger partial charge on any atom is 0.257 e. The number of ether oxygens (including phenoxy) is 2. The van der Waals surface area contributed by atoms with Crippen molar-refractivity contribution in [3.8, 4) is 5.75 Å². The molecule has 1 aliphatic heterocycles. The highest BCUT2D eigenvalue weighted by molar-refractivity contribution is 6.02. The van der Waals surface area contributed by atoms with Crippen molar-refractivity contribution in [3.05, 3.63) is 108 Å². The summed E-state index contributed by atoms with van der Waals surface area (Å²) in [7, 11) is 1.66. The van der Waals surface area contributed by atoms with E-state index in [1.807, 2.05) is 53.4 Å². The zero-order chi connectivity index (χ0) is 24.0. The van der Waals surface area contributed by atoms with Gasteiger partial charge >= 0.3 is 0 Å². The Hall–Kier alpha value is -3.83. The Morgan fingerprint density at radius 1 is 0.857 bits per heavy atom. The number of hydrogen-bond donors (Lipinski definition) is 1. The number of fused-ring (bicyclic) bond motifs is 2. The van der Waals surface area contributed by atoms with Crippen LogP contribution < -0.4 is 10.1 Å². The standard InChI is InChI=1S/C30H30N2O3/c1-34-21-19-32-29(31-26-16-8-7-15-25(26)30(32)33)28-24-14-6-5-13-23(24)17-18-27(28)35-20-9-12-22-10-3-2-4-11-22/h2-8,10-11,13-18,29,31H,9,12,19-21H2,1H3. The first-order chi connectivity index (χ1) is 17.3. The van der Waals surface area contributed by atoms with Gasteiger partial charge < -0.3 is 19.7 Å². The van der Waals surface area contributed by atoms with Gasteiger partial charge in [-0.1, -0.05) is 72.8 Å². The molecule has 0 saturated heterocycles. The third-order valence-corrected chi connectivity index (χ3v) is 6.47. The zero-order valence-corrected chi connectivity index (χ0v) is 19.9. The molecule has 4 aromatic carbocycles. The minimum atomic E-state index is -0.372. The van der Waals surface area contributed by atoms with Crippen molar-refractivity contribution in [2.75, 3.05) is 32.2 Å². The van der Waals surface area contributed by atoms with Crippen molar-refractivity contribution in [1.82, 2.24) is 4.90 Å². The summed E-state index contributed by atoms with van der Waals surface area (Å²) in [6, 6.07) is 30.5. The Bertz CT molecular complexity index is 1310. The van der Waals surface area contributed by atoms with E-state index in [1.165, 1.54) is 5.56 Å². The Morgan fingerprint density at radius 2 is 1.63 bits per heavy atom. The normalized spacial score (nSPS) is 15.1. The van der Waals surface area contributed by atoms with Crippen molar-refractivity contribution >= 4 is 22.4 Å². The summed E-state index contributed by atoms with van der Waals surface area (Å²) in [5.74, 6) is 0.785. The van der Waals surface area contributed by atoms with Gasteiger partial charge in [0.25, 0.3) is 5.91 Å². The Balaban J connectivity index is 1.49. The topological polar surface area (TPSA) is 50.8 Å². The Labute approximate surface area is 206 Å². The second-order valence-electron chi connectivity index (χ2n) is 8.72. The van der Waals surface area contributed by atoms with Crippen LogP contribution >= 0.6 is 0 Å². The molecule has 0 fully saturated rings. The fourth-order valence-corrected chi connectivity index (χ4v) is 4.73. The summed E-state index contributed by atoms with van der Waals surface area (Å²) >= 11 is 0. The lowest BCUT2D eigenvalue weighted by molar-refractivity contribution is 0.0608. The van der Waals surface area contributed by atoms with Gasteiger partial charge in [-0.15, -0.1) is 0 Å². The van der Waals surface area contributed by atoms with Crippen molar-refractivity contribution in [3.63, 3.8) is 0 Å². The highest BCUT2D eigenvalue weighted by Crippen LogP contribution is 2.40. The van der Waals surface area contributed by atoms with Crippen LogP contribution in [0.2, 0.25) is 0 Å². The van der Waals surface area contributed by atoms with Crippen LogP contribution in [-0.2, 0) is 11.2 Å². The van der Waals surface area contributed by atoms with Crippen LogP contribution in [-0.4, -0.2) is 37.7 Å². The van der Waals surface area contributed by atoms with Crippen molar-refractivity contribution < 1.29 is 14.3 Å². The summed E-state index contributed by atoms with van der Waals surface area (Å²) < 4.78 is 11.7. The minimum Gasteiger partial charge on any atom is -0.493 e. The lowest BCUT2D eigenvalue weighted by atomic mass is 9.97. The van der Waals surface area contributed by atoms with E-state index >= 15 is 0 Å². The molecule has 1 N–H and O–H groups in total. The largest absolute Gasteiger partial charge is 0.493 e. The van der Waals surface area contributed by atoms with Crippen LogP contribution in [0.15, 0.2) is 91.0 Å². The molecule has 5 nitrogen and oxygen atoms in total. The number of rotatable bonds is 9. The van der Waals surface area contributed by atoms with Crippen LogP contribution in [0, 0.1) is 0 Å². The molecule has 178 valence electrons. The smallest absolute Gasteiger partial charge is 0.257 e. The Kier molecular flexibility index (Phi) is 6.96. The second kappa shape index (κ2) is 10.6. The van der Waals surface area contributed by atoms with Crippen molar-refractivity contribution in [2.24, 2.45) is 0 Å². The number of anilines is 1. The molecule has 5 heteroatoms. The van der Waals surface area contributed by atoms with Gasteiger partial charge in [0.2, 0.25) is 0 Å². The lowest BCUT2D eigenvalue weighted by Gasteiger charge is -2.39. The molecule has 5 rings (SSSR count). The number of amides is 1. The molecule has 0 radical (unpaired) electrons. The number of nitrogens with one attached hydrogen (secondary N) is 1. The van der Waals surface area contributed by atoms with Gasteiger partial charge in [-0.05, 0) is 47.4 Å². The third-order valence-electron chi connectivity index (χ3n) is 6.47. The first-order valence-corrected chi connectivity index (χ1v) is 12.1. The molecule has 1 unspecified atom stereocenters. The summed E-state index contributed by atoms with van der Waals surface area (Å²) in [5.41, 5.74) is 3.78. The van der Waals surface area contributed by atoms with Crippen LogP contribution in [0.4, 0.5) is 5.69 Å². The highest BCUT2D eigenvalue weighted by atomic mass is 16.5. The first-order valence-electron chi connectivity index (χ1n) is 12.1. The summed E-state index contributed by atoms with van der Waals surface area (Å²) in [6.45, 7) is 1.51. The molecule has 1 atom stereocenters. The predicted octanol–water partition coefficient (Wildman–Crippen LogP) is 6.06. The molecule has 0 bridgehead atoms. The number of carbonyl (C=O) groups is 1. The van der Waals surface area contributed by atoms with Crippen LogP contribution in [0.25, 0.3) is 10.8 Å². The van der Waals surface area contributed by atoms with E-state index in [9.17, 15) is 4.79 Å². The van der Waals surface area contributed by atoms with E-state index in [0.29, 0.717) is 25.3 Å². The van der Waals surface area contributed by atoms with Crippen molar-refractivity contribution in [1.29, 1.82) is 0 Å². The van der Waals surface area contributed by atoms with E-state index in [2.05, 4.69) is 47.8 Å². The number of nitrogens with zero attached hydrogens (tertiary/aromatic N) is 1.